The largest absolute Gasteiger partial charge is 0.382 e. The average molecular weight is 399 g/mol. The number of hydrogen-bond donors (Lipinski definition) is 2. The zero-order valence-electron chi connectivity index (χ0n) is 12.8. The third-order valence-corrected chi connectivity index (χ3v) is 3.36. The van der Waals surface area contributed by atoms with E-state index in [4.69, 9.17) is 9.47 Å². The molecule has 20 heavy (non-hydrogen) atoms. The lowest BCUT2D eigenvalue weighted by atomic mass is 9.96. The maximum Gasteiger partial charge on any atom is 0.191 e. The number of nitrogens with zero attached hydrogens (tertiary/aromatic N) is 1. The number of halogens is 1. The molecular formula is C14H30IN3O2. The normalized spacial score (nSPS) is 16.6. The van der Waals surface area contributed by atoms with Gasteiger partial charge in [-0.25, -0.2) is 0 Å². The topological polar surface area (TPSA) is 54.9 Å². The third-order valence-electron chi connectivity index (χ3n) is 3.36. The number of guanidine groups is 1. The predicted octanol–water partition coefficient (Wildman–Crippen LogP) is 2.16. The fraction of sp³-hybridized carbons (Fsp3) is 0.929. The average Bonchev–Trinajstić information content (AvgIpc) is 2.46. The van der Waals surface area contributed by atoms with Crippen LogP contribution in [0.2, 0.25) is 0 Å². The van der Waals surface area contributed by atoms with Crippen molar-refractivity contribution in [2.24, 2.45) is 4.99 Å². The minimum atomic E-state index is 0. The first-order valence-electron chi connectivity index (χ1n) is 7.40. The highest BCUT2D eigenvalue weighted by atomic mass is 127. The molecule has 2 N–H and O–H groups in total. The number of nitrogens with one attached hydrogen (secondary N) is 2. The van der Waals surface area contributed by atoms with Crippen LogP contribution < -0.4 is 10.6 Å². The highest BCUT2D eigenvalue weighted by Gasteiger charge is 2.13. The second kappa shape index (κ2) is 13.9. The molecule has 0 aromatic carbocycles. The Morgan fingerprint density at radius 3 is 2.55 bits per heavy atom. The van der Waals surface area contributed by atoms with Gasteiger partial charge in [-0.1, -0.05) is 19.3 Å². The van der Waals surface area contributed by atoms with Gasteiger partial charge in [0.05, 0.1) is 13.2 Å². The Hall–Kier alpha value is -0.0800. The summed E-state index contributed by atoms with van der Waals surface area (Å²) in [6.45, 7) is 2.99. The second-order valence-corrected chi connectivity index (χ2v) is 4.94. The van der Waals surface area contributed by atoms with E-state index in [0.29, 0.717) is 19.3 Å². The van der Waals surface area contributed by atoms with E-state index in [9.17, 15) is 0 Å². The molecule has 5 nitrogen and oxygen atoms in total. The molecule has 1 fully saturated rings. The van der Waals surface area contributed by atoms with Crippen LogP contribution in [0, 0.1) is 0 Å². The Labute approximate surface area is 140 Å². The summed E-state index contributed by atoms with van der Waals surface area (Å²) in [5.41, 5.74) is 0. The summed E-state index contributed by atoms with van der Waals surface area (Å²) in [5, 5.41) is 6.83. The first-order valence-corrected chi connectivity index (χ1v) is 7.40. The number of rotatable bonds is 8. The summed E-state index contributed by atoms with van der Waals surface area (Å²) in [6, 6.07) is 0.595. The number of aliphatic imine (C=N–C) groups is 1. The van der Waals surface area contributed by atoms with E-state index in [1.54, 1.807) is 7.11 Å². The van der Waals surface area contributed by atoms with E-state index in [1.165, 1.54) is 32.1 Å². The molecule has 0 bridgehead atoms. The van der Waals surface area contributed by atoms with Gasteiger partial charge in [0.2, 0.25) is 0 Å². The first kappa shape index (κ1) is 19.9. The lowest BCUT2D eigenvalue weighted by Gasteiger charge is -2.24. The molecule has 6 heteroatoms. The molecule has 120 valence electrons. The summed E-state index contributed by atoms with van der Waals surface area (Å²) in [6.07, 6.45) is 7.56. The van der Waals surface area contributed by atoms with E-state index >= 15 is 0 Å². The molecule has 1 rings (SSSR count). The van der Waals surface area contributed by atoms with Crippen molar-refractivity contribution in [3.05, 3.63) is 0 Å². The lowest BCUT2D eigenvalue weighted by Crippen LogP contribution is -2.44. The van der Waals surface area contributed by atoms with Crippen molar-refractivity contribution in [2.45, 2.75) is 44.6 Å². The summed E-state index contributed by atoms with van der Waals surface area (Å²) in [4.78, 5) is 4.26. The van der Waals surface area contributed by atoms with Crippen LogP contribution in [-0.2, 0) is 9.47 Å². The maximum atomic E-state index is 5.41. The molecule has 0 heterocycles. The number of methoxy groups -OCH3 is 1. The van der Waals surface area contributed by atoms with Gasteiger partial charge >= 0.3 is 0 Å². The Kier molecular flexibility index (Phi) is 13.8. The molecule has 1 aliphatic rings. The van der Waals surface area contributed by atoms with Gasteiger partial charge < -0.3 is 20.1 Å². The molecular weight excluding hydrogens is 369 g/mol. The van der Waals surface area contributed by atoms with Crippen molar-refractivity contribution in [1.82, 2.24) is 10.6 Å². The molecule has 1 saturated carbocycles. The van der Waals surface area contributed by atoms with Gasteiger partial charge in [-0.3, -0.25) is 4.99 Å². The van der Waals surface area contributed by atoms with Crippen molar-refractivity contribution in [1.29, 1.82) is 0 Å². The summed E-state index contributed by atoms with van der Waals surface area (Å²) in [7, 11) is 3.51. The Balaban J connectivity index is 0.00000361. The van der Waals surface area contributed by atoms with Gasteiger partial charge in [0.15, 0.2) is 5.96 Å². The van der Waals surface area contributed by atoms with Gasteiger partial charge in [-0.15, -0.1) is 24.0 Å². The lowest BCUT2D eigenvalue weighted by molar-refractivity contribution is 0.0698. The molecule has 0 radical (unpaired) electrons. The van der Waals surface area contributed by atoms with E-state index in [2.05, 4.69) is 15.6 Å². The van der Waals surface area contributed by atoms with Crippen LogP contribution in [-0.4, -0.2) is 52.5 Å². The second-order valence-electron chi connectivity index (χ2n) is 4.94. The Morgan fingerprint density at radius 1 is 1.15 bits per heavy atom. The molecule has 0 atom stereocenters. The van der Waals surface area contributed by atoms with Crippen molar-refractivity contribution in [3.8, 4) is 0 Å². The monoisotopic (exact) mass is 399 g/mol. The minimum Gasteiger partial charge on any atom is -0.382 e. The molecule has 0 amide bonds. The Bertz CT molecular complexity index is 247. The number of hydrogen-bond acceptors (Lipinski definition) is 3. The van der Waals surface area contributed by atoms with Crippen LogP contribution in [0.5, 0.6) is 0 Å². The number of ether oxygens (including phenoxy) is 2. The third kappa shape index (κ3) is 9.77. The fourth-order valence-electron chi connectivity index (χ4n) is 2.26. The zero-order valence-corrected chi connectivity index (χ0v) is 15.2. The molecule has 0 saturated heterocycles. The van der Waals surface area contributed by atoms with E-state index in [1.807, 2.05) is 7.05 Å². The van der Waals surface area contributed by atoms with Gasteiger partial charge in [0, 0.05) is 33.4 Å². The van der Waals surface area contributed by atoms with Crippen LogP contribution in [0.4, 0.5) is 0 Å². The van der Waals surface area contributed by atoms with Crippen molar-refractivity contribution < 1.29 is 9.47 Å². The Morgan fingerprint density at radius 2 is 1.90 bits per heavy atom. The molecule has 0 aromatic rings. The van der Waals surface area contributed by atoms with E-state index in [0.717, 1.165) is 25.5 Å². The molecule has 0 aromatic heterocycles. The standard InChI is InChI=1S/C14H29N3O2.HI/c1-15-14(17-13-7-4-3-5-8-13)16-9-6-10-19-12-11-18-2;/h13H,3-12H2,1-2H3,(H2,15,16,17);1H. The van der Waals surface area contributed by atoms with Crippen molar-refractivity contribution >= 4 is 29.9 Å². The van der Waals surface area contributed by atoms with Crippen LogP contribution in [0.25, 0.3) is 0 Å². The van der Waals surface area contributed by atoms with E-state index < -0.39 is 0 Å². The fourth-order valence-corrected chi connectivity index (χ4v) is 2.26. The zero-order chi connectivity index (χ0) is 13.8. The first-order chi connectivity index (χ1) is 9.36. The molecule has 0 aliphatic heterocycles. The molecule has 1 aliphatic carbocycles. The van der Waals surface area contributed by atoms with Crippen LogP contribution in [0.3, 0.4) is 0 Å². The van der Waals surface area contributed by atoms with E-state index in [-0.39, 0.29) is 24.0 Å². The van der Waals surface area contributed by atoms with Crippen molar-refractivity contribution in [3.63, 3.8) is 0 Å². The SMILES string of the molecule is CN=C(NCCCOCCOC)NC1CCCCC1.I. The van der Waals surface area contributed by atoms with Crippen LogP contribution in [0.15, 0.2) is 4.99 Å². The summed E-state index contributed by atoms with van der Waals surface area (Å²) >= 11 is 0. The van der Waals surface area contributed by atoms with Crippen molar-refractivity contribution in [2.75, 3.05) is 40.5 Å². The molecule has 0 spiro atoms. The van der Waals surface area contributed by atoms with Crippen LogP contribution in [0.1, 0.15) is 38.5 Å². The summed E-state index contributed by atoms with van der Waals surface area (Å²) in [5.74, 6) is 0.920. The van der Waals surface area contributed by atoms with Gasteiger partial charge in [0.25, 0.3) is 0 Å². The minimum absolute atomic E-state index is 0. The quantitative estimate of drug-likeness (QED) is 0.284. The maximum absolute atomic E-state index is 5.41. The van der Waals surface area contributed by atoms with Gasteiger partial charge in [-0.05, 0) is 19.3 Å². The predicted molar refractivity (Wildman–Crippen MR) is 94.1 cm³/mol. The van der Waals surface area contributed by atoms with Gasteiger partial charge in [-0.2, -0.15) is 0 Å². The summed E-state index contributed by atoms with van der Waals surface area (Å²) < 4.78 is 10.3. The highest BCUT2D eigenvalue weighted by Crippen LogP contribution is 2.17. The van der Waals surface area contributed by atoms with Crippen LogP contribution >= 0.6 is 24.0 Å². The van der Waals surface area contributed by atoms with Gasteiger partial charge in [0.1, 0.15) is 0 Å². The smallest absolute Gasteiger partial charge is 0.191 e. The highest BCUT2D eigenvalue weighted by molar-refractivity contribution is 14.0. The molecule has 0 unspecified atom stereocenters.